The monoisotopic (exact) mass is 403 g/mol. The molecule has 7 nitrogen and oxygen atoms in total. The number of halogens is 2. The summed E-state index contributed by atoms with van der Waals surface area (Å²) in [6.45, 7) is 2.22. The van der Waals surface area contributed by atoms with Crippen LogP contribution in [0, 0.1) is 6.92 Å². The third-order valence-corrected chi connectivity index (χ3v) is 5.72. The zero-order valence-electron chi connectivity index (χ0n) is 14.0. The second kappa shape index (κ2) is 8.18. The summed E-state index contributed by atoms with van der Waals surface area (Å²) in [5.41, 5.74) is 1.53. The largest absolute Gasteiger partial charge is 0.376 e. The summed E-state index contributed by atoms with van der Waals surface area (Å²) < 4.78 is 27.2. The van der Waals surface area contributed by atoms with Crippen LogP contribution >= 0.6 is 23.2 Å². The number of hydrogen-bond donors (Lipinski definition) is 2. The molecule has 1 aromatic heterocycles. The first-order valence-corrected chi connectivity index (χ1v) is 9.64. The highest BCUT2D eigenvalue weighted by atomic mass is 35.5. The van der Waals surface area contributed by atoms with Crippen molar-refractivity contribution in [3.63, 3.8) is 0 Å². The third-order valence-electron chi connectivity index (χ3n) is 3.38. The number of anilines is 2. The zero-order chi connectivity index (χ0) is 18.6. The Morgan fingerprint density at radius 3 is 2.52 bits per heavy atom. The standard InChI is InChI=1S/C15H19Cl2N5O2S/c1-10-6-14(13(17)8-12(10)16)25(23,24)20-5-4-18-15-7-11(22(2)3)9-19-21-15/h6-9,20H,4-5H2,1-3H3,(H,18,21). The highest BCUT2D eigenvalue weighted by Gasteiger charge is 2.18. The molecule has 1 aromatic carbocycles. The Hall–Kier alpha value is -1.61. The van der Waals surface area contributed by atoms with Gasteiger partial charge in [-0.05, 0) is 24.6 Å². The van der Waals surface area contributed by atoms with Gasteiger partial charge < -0.3 is 10.2 Å². The molecule has 2 N–H and O–H groups in total. The van der Waals surface area contributed by atoms with E-state index in [4.69, 9.17) is 23.2 Å². The smallest absolute Gasteiger partial charge is 0.242 e. The van der Waals surface area contributed by atoms with E-state index in [1.54, 1.807) is 13.1 Å². The molecular weight excluding hydrogens is 385 g/mol. The number of nitrogens with zero attached hydrogens (tertiary/aromatic N) is 3. The molecule has 10 heteroatoms. The summed E-state index contributed by atoms with van der Waals surface area (Å²) in [5.74, 6) is 0.561. The highest BCUT2D eigenvalue weighted by molar-refractivity contribution is 7.89. The second-order valence-corrected chi connectivity index (χ2v) is 8.10. The van der Waals surface area contributed by atoms with Crippen LogP contribution in [0.4, 0.5) is 11.5 Å². The number of nitrogens with one attached hydrogen (secondary N) is 2. The molecule has 0 spiro atoms. The van der Waals surface area contributed by atoms with Gasteiger partial charge in [-0.2, -0.15) is 5.10 Å². The molecule has 0 aliphatic rings. The quantitative estimate of drug-likeness (QED) is 0.690. The molecule has 136 valence electrons. The first-order valence-electron chi connectivity index (χ1n) is 7.40. The fourth-order valence-corrected chi connectivity index (χ4v) is 3.84. The van der Waals surface area contributed by atoms with Crippen molar-refractivity contribution in [2.75, 3.05) is 37.4 Å². The van der Waals surface area contributed by atoms with E-state index in [2.05, 4.69) is 20.2 Å². The topological polar surface area (TPSA) is 87.2 Å². The molecule has 2 rings (SSSR count). The third kappa shape index (κ3) is 5.18. The van der Waals surface area contributed by atoms with Crippen molar-refractivity contribution >= 4 is 44.7 Å². The van der Waals surface area contributed by atoms with Crippen LogP contribution in [0.25, 0.3) is 0 Å². The zero-order valence-corrected chi connectivity index (χ0v) is 16.4. The number of sulfonamides is 1. The van der Waals surface area contributed by atoms with Crippen molar-refractivity contribution in [2.45, 2.75) is 11.8 Å². The summed E-state index contributed by atoms with van der Waals surface area (Å²) in [7, 11) is 0.0601. The van der Waals surface area contributed by atoms with Crippen molar-refractivity contribution in [2.24, 2.45) is 0 Å². The van der Waals surface area contributed by atoms with Crippen molar-refractivity contribution in [3.8, 4) is 0 Å². The maximum atomic E-state index is 12.4. The number of benzene rings is 1. The number of aryl methyl sites for hydroxylation is 1. The van der Waals surface area contributed by atoms with Gasteiger partial charge in [-0.3, -0.25) is 0 Å². The molecule has 0 aliphatic heterocycles. The van der Waals surface area contributed by atoms with E-state index in [-0.39, 0.29) is 16.5 Å². The van der Waals surface area contributed by atoms with Crippen LogP contribution in [-0.4, -0.2) is 45.8 Å². The molecular formula is C15H19Cl2N5O2S. The van der Waals surface area contributed by atoms with E-state index in [1.807, 2.05) is 25.1 Å². The fourth-order valence-electron chi connectivity index (χ4n) is 1.98. The Morgan fingerprint density at radius 1 is 1.12 bits per heavy atom. The van der Waals surface area contributed by atoms with Crippen LogP contribution in [0.2, 0.25) is 10.0 Å². The van der Waals surface area contributed by atoms with E-state index in [0.29, 0.717) is 22.9 Å². The van der Waals surface area contributed by atoms with Gasteiger partial charge in [0.2, 0.25) is 10.0 Å². The van der Waals surface area contributed by atoms with Gasteiger partial charge >= 0.3 is 0 Å². The Kier molecular flexibility index (Phi) is 6.45. The van der Waals surface area contributed by atoms with Gasteiger partial charge in [-0.25, -0.2) is 13.1 Å². The van der Waals surface area contributed by atoms with Gasteiger partial charge in [0.1, 0.15) is 4.90 Å². The lowest BCUT2D eigenvalue weighted by molar-refractivity contribution is 0.583. The Balaban J connectivity index is 1.97. The van der Waals surface area contributed by atoms with Crippen LogP contribution in [-0.2, 0) is 10.0 Å². The lowest BCUT2D eigenvalue weighted by Gasteiger charge is -2.13. The van der Waals surface area contributed by atoms with Crippen LogP contribution in [0.15, 0.2) is 29.3 Å². The van der Waals surface area contributed by atoms with Crippen molar-refractivity contribution in [1.82, 2.24) is 14.9 Å². The molecule has 2 aromatic rings. The maximum absolute atomic E-state index is 12.4. The summed E-state index contributed by atoms with van der Waals surface area (Å²) in [6.07, 6.45) is 1.64. The van der Waals surface area contributed by atoms with Crippen molar-refractivity contribution in [1.29, 1.82) is 0 Å². The first kappa shape index (κ1) is 19.7. The summed E-state index contributed by atoms with van der Waals surface area (Å²) in [5, 5.41) is 11.4. The van der Waals surface area contributed by atoms with Crippen LogP contribution < -0.4 is 14.9 Å². The van der Waals surface area contributed by atoms with E-state index >= 15 is 0 Å². The Morgan fingerprint density at radius 2 is 1.84 bits per heavy atom. The van der Waals surface area contributed by atoms with Crippen LogP contribution in [0.3, 0.4) is 0 Å². The highest BCUT2D eigenvalue weighted by Crippen LogP contribution is 2.27. The summed E-state index contributed by atoms with van der Waals surface area (Å²) in [4.78, 5) is 1.90. The van der Waals surface area contributed by atoms with Crippen molar-refractivity contribution < 1.29 is 8.42 Å². The SMILES string of the molecule is Cc1cc(S(=O)(=O)NCCNc2cc(N(C)C)cnn2)c(Cl)cc1Cl. The molecule has 0 saturated heterocycles. The molecule has 0 amide bonds. The second-order valence-electron chi connectivity index (χ2n) is 5.55. The predicted octanol–water partition coefficient (Wildman–Crippen LogP) is 2.55. The fraction of sp³-hybridized carbons (Fsp3) is 0.333. The Labute approximate surface area is 157 Å². The van der Waals surface area contributed by atoms with Crippen molar-refractivity contribution in [3.05, 3.63) is 40.0 Å². The number of aromatic nitrogens is 2. The molecule has 0 bridgehead atoms. The van der Waals surface area contributed by atoms with E-state index in [0.717, 1.165) is 5.69 Å². The minimum atomic E-state index is -3.73. The normalized spacial score (nSPS) is 11.4. The lowest BCUT2D eigenvalue weighted by atomic mass is 10.2. The van der Waals surface area contributed by atoms with Gasteiger partial charge in [-0.1, -0.05) is 23.2 Å². The van der Waals surface area contributed by atoms with Gasteiger partial charge in [0.05, 0.1) is 16.9 Å². The lowest BCUT2D eigenvalue weighted by Crippen LogP contribution is -2.29. The summed E-state index contributed by atoms with van der Waals surface area (Å²) >= 11 is 11.9. The minimum Gasteiger partial charge on any atom is -0.376 e. The molecule has 0 fully saturated rings. The van der Waals surface area contributed by atoms with E-state index < -0.39 is 10.0 Å². The van der Waals surface area contributed by atoms with Crippen LogP contribution in [0.5, 0.6) is 0 Å². The summed E-state index contributed by atoms with van der Waals surface area (Å²) in [6, 6.07) is 4.70. The Bertz CT molecular complexity index is 859. The predicted molar refractivity (Wildman–Crippen MR) is 101 cm³/mol. The van der Waals surface area contributed by atoms with Gasteiger partial charge in [0.15, 0.2) is 5.82 Å². The minimum absolute atomic E-state index is 0.00506. The van der Waals surface area contributed by atoms with Crippen LogP contribution in [0.1, 0.15) is 5.56 Å². The molecule has 1 heterocycles. The molecule has 0 unspecified atom stereocenters. The number of rotatable bonds is 7. The molecule has 0 saturated carbocycles. The van der Waals surface area contributed by atoms with Gasteiger partial charge in [0.25, 0.3) is 0 Å². The molecule has 0 atom stereocenters. The maximum Gasteiger partial charge on any atom is 0.242 e. The molecule has 0 aliphatic carbocycles. The van der Waals surface area contributed by atoms with E-state index in [9.17, 15) is 8.42 Å². The average molecular weight is 404 g/mol. The molecule has 25 heavy (non-hydrogen) atoms. The number of hydrogen-bond acceptors (Lipinski definition) is 6. The van der Waals surface area contributed by atoms with Gasteiger partial charge in [-0.15, -0.1) is 5.10 Å². The first-order chi connectivity index (χ1) is 11.7. The van der Waals surface area contributed by atoms with Gasteiger partial charge in [0, 0.05) is 38.3 Å². The van der Waals surface area contributed by atoms with E-state index in [1.165, 1.54) is 12.1 Å². The molecule has 0 radical (unpaired) electrons. The average Bonchev–Trinajstić information content (AvgIpc) is 2.55.